The Hall–Kier alpha value is -1.02. The standard InChI is InChI=1S/C10H14N2/c11-7-5-9-3-1-2-4-10(9)6-8-12/h9-10H,1-6H2. The number of hydrogen-bond donors (Lipinski definition) is 0. The average Bonchev–Trinajstić information content (AvgIpc) is 2.09. The minimum atomic E-state index is 0.503. The van der Waals surface area contributed by atoms with E-state index in [0.717, 1.165) is 12.8 Å². The predicted molar refractivity (Wildman–Crippen MR) is 45.9 cm³/mol. The number of rotatable bonds is 2. The van der Waals surface area contributed by atoms with Crippen LogP contribution in [0, 0.1) is 34.5 Å². The second-order valence-corrected chi connectivity index (χ2v) is 3.53. The van der Waals surface area contributed by atoms with Crippen molar-refractivity contribution >= 4 is 0 Å². The fraction of sp³-hybridized carbons (Fsp3) is 0.800. The van der Waals surface area contributed by atoms with E-state index >= 15 is 0 Å². The normalized spacial score (nSPS) is 28.8. The summed E-state index contributed by atoms with van der Waals surface area (Å²) in [6.07, 6.45) is 6.08. The van der Waals surface area contributed by atoms with Crippen molar-refractivity contribution in [1.29, 1.82) is 10.5 Å². The molecule has 0 N–H and O–H groups in total. The van der Waals surface area contributed by atoms with E-state index in [4.69, 9.17) is 10.5 Å². The lowest BCUT2D eigenvalue weighted by Crippen LogP contribution is -2.18. The van der Waals surface area contributed by atoms with Crippen molar-refractivity contribution in [2.24, 2.45) is 11.8 Å². The predicted octanol–water partition coefficient (Wildman–Crippen LogP) is 2.62. The molecule has 12 heavy (non-hydrogen) atoms. The highest BCUT2D eigenvalue weighted by Gasteiger charge is 2.24. The Morgan fingerprint density at radius 1 is 0.917 bits per heavy atom. The van der Waals surface area contributed by atoms with E-state index in [0.29, 0.717) is 24.7 Å². The van der Waals surface area contributed by atoms with Gasteiger partial charge in [-0.2, -0.15) is 10.5 Å². The molecule has 0 aromatic carbocycles. The van der Waals surface area contributed by atoms with Gasteiger partial charge in [-0.1, -0.05) is 12.8 Å². The van der Waals surface area contributed by atoms with Crippen molar-refractivity contribution in [2.45, 2.75) is 38.5 Å². The van der Waals surface area contributed by atoms with E-state index in [2.05, 4.69) is 12.1 Å². The zero-order valence-corrected chi connectivity index (χ0v) is 7.29. The van der Waals surface area contributed by atoms with Crippen molar-refractivity contribution in [3.8, 4) is 12.1 Å². The van der Waals surface area contributed by atoms with Gasteiger partial charge in [-0.15, -0.1) is 0 Å². The molecule has 64 valence electrons. The zero-order chi connectivity index (χ0) is 8.81. The van der Waals surface area contributed by atoms with Crippen LogP contribution in [0.25, 0.3) is 0 Å². The van der Waals surface area contributed by atoms with Crippen LogP contribution in [0.4, 0.5) is 0 Å². The van der Waals surface area contributed by atoms with Crippen molar-refractivity contribution < 1.29 is 0 Å². The van der Waals surface area contributed by atoms with Crippen molar-refractivity contribution in [3.63, 3.8) is 0 Å². The van der Waals surface area contributed by atoms with Gasteiger partial charge in [0.05, 0.1) is 12.1 Å². The van der Waals surface area contributed by atoms with Gasteiger partial charge >= 0.3 is 0 Å². The molecule has 1 aliphatic rings. The van der Waals surface area contributed by atoms with Gasteiger partial charge in [-0.05, 0) is 24.7 Å². The summed E-state index contributed by atoms with van der Waals surface area (Å²) in [6, 6.07) is 4.43. The molecule has 2 nitrogen and oxygen atoms in total. The van der Waals surface area contributed by atoms with Gasteiger partial charge in [0, 0.05) is 12.8 Å². The Kier molecular flexibility index (Phi) is 3.61. The van der Waals surface area contributed by atoms with Gasteiger partial charge < -0.3 is 0 Å². The Balaban J connectivity index is 2.44. The molecule has 2 heteroatoms. The third-order valence-electron chi connectivity index (χ3n) is 2.77. The first-order chi connectivity index (χ1) is 5.88. The maximum Gasteiger partial charge on any atom is 0.0624 e. The summed E-state index contributed by atoms with van der Waals surface area (Å²) in [7, 11) is 0. The molecule has 0 radical (unpaired) electrons. The highest BCUT2D eigenvalue weighted by Crippen LogP contribution is 2.33. The molecule has 2 unspecified atom stereocenters. The molecule has 2 atom stereocenters. The molecule has 1 fully saturated rings. The third kappa shape index (κ3) is 2.24. The van der Waals surface area contributed by atoms with Gasteiger partial charge in [-0.3, -0.25) is 0 Å². The van der Waals surface area contributed by atoms with E-state index in [1.807, 2.05) is 0 Å². The number of nitriles is 2. The van der Waals surface area contributed by atoms with E-state index in [-0.39, 0.29) is 0 Å². The van der Waals surface area contributed by atoms with Crippen LogP contribution < -0.4 is 0 Å². The Bertz CT molecular complexity index is 185. The molecule has 1 aliphatic carbocycles. The summed E-state index contributed by atoms with van der Waals surface area (Å²) in [5, 5.41) is 17.1. The van der Waals surface area contributed by atoms with Crippen LogP contribution in [-0.4, -0.2) is 0 Å². The van der Waals surface area contributed by atoms with E-state index in [1.165, 1.54) is 12.8 Å². The maximum absolute atomic E-state index is 8.57. The molecule has 0 spiro atoms. The summed E-state index contributed by atoms with van der Waals surface area (Å²) in [6.45, 7) is 0. The second-order valence-electron chi connectivity index (χ2n) is 3.53. The first-order valence-electron chi connectivity index (χ1n) is 4.62. The van der Waals surface area contributed by atoms with Gasteiger partial charge in [0.25, 0.3) is 0 Å². The molecule has 0 bridgehead atoms. The highest BCUT2D eigenvalue weighted by molar-refractivity contribution is 4.87. The van der Waals surface area contributed by atoms with Crippen LogP contribution in [0.15, 0.2) is 0 Å². The maximum atomic E-state index is 8.57. The summed E-state index contributed by atoms with van der Waals surface area (Å²) in [5.41, 5.74) is 0. The van der Waals surface area contributed by atoms with Crippen LogP contribution in [0.2, 0.25) is 0 Å². The minimum Gasteiger partial charge on any atom is -0.198 e. The summed E-state index contributed by atoms with van der Waals surface area (Å²) < 4.78 is 0. The molecule has 0 amide bonds. The topological polar surface area (TPSA) is 47.6 Å². The van der Waals surface area contributed by atoms with Gasteiger partial charge in [0.2, 0.25) is 0 Å². The van der Waals surface area contributed by atoms with Crippen LogP contribution in [-0.2, 0) is 0 Å². The van der Waals surface area contributed by atoms with Crippen LogP contribution in [0.1, 0.15) is 38.5 Å². The molecule has 1 rings (SSSR count). The molecular formula is C10H14N2. The fourth-order valence-electron chi connectivity index (χ4n) is 2.06. The number of nitrogens with zero attached hydrogens (tertiary/aromatic N) is 2. The monoisotopic (exact) mass is 162 g/mol. The van der Waals surface area contributed by atoms with Crippen LogP contribution in [0.3, 0.4) is 0 Å². The summed E-state index contributed by atoms with van der Waals surface area (Å²) in [5.74, 6) is 1.01. The quantitative estimate of drug-likeness (QED) is 0.626. The smallest absolute Gasteiger partial charge is 0.0624 e. The lowest BCUT2D eigenvalue weighted by Gasteiger charge is -2.27. The van der Waals surface area contributed by atoms with Crippen molar-refractivity contribution in [3.05, 3.63) is 0 Å². The minimum absolute atomic E-state index is 0.503. The molecule has 0 aliphatic heterocycles. The summed E-state index contributed by atoms with van der Waals surface area (Å²) in [4.78, 5) is 0. The van der Waals surface area contributed by atoms with E-state index in [9.17, 15) is 0 Å². The van der Waals surface area contributed by atoms with E-state index < -0.39 is 0 Å². The molecule has 0 aromatic heterocycles. The lowest BCUT2D eigenvalue weighted by molar-refractivity contribution is 0.244. The molecule has 1 saturated carbocycles. The van der Waals surface area contributed by atoms with E-state index in [1.54, 1.807) is 0 Å². The third-order valence-corrected chi connectivity index (χ3v) is 2.77. The van der Waals surface area contributed by atoms with Gasteiger partial charge in [-0.25, -0.2) is 0 Å². The van der Waals surface area contributed by atoms with Gasteiger partial charge in [0.1, 0.15) is 0 Å². The summed E-state index contributed by atoms with van der Waals surface area (Å²) >= 11 is 0. The zero-order valence-electron chi connectivity index (χ0n) is 7.29. The molecule has 0 aromatic rings. The lowest BCUT2D eigenvalue weighted by atomic mass is 9.76. The largest absolute Gasteiger partial charge is 0.198 e. The second kappa shape index (κ2) is 4.78. The Labute approximate surface area is 73.8 Å². The van der Waals surface area contributed by atoms with Gasteiger partial charge in [0.15, 0.2) is 0 Å². The Morgan fingerprint density at radius 3 is 1.67 bits per heavy atom. The first kappa shape index (κ1) is 9.07. The van der Waals surface area contributed by atoms with Crippen molar-refractivity contribution in [2.75, 3.05) is 0 Å². The van der Waals surface area contributed by atoms with Crippen LogP contribution in [0.5, 0.6) is 0 Å². The highest BCUT2D eigenvalue weighted by atomic mass is 14.3. The molecule has 0 heterocycles. The number of hydrogen-bond acceptors (Lipinski definition) is 2. The Morgan fingerprint density at radius 2 is 1.33 bits per heavy atom. The SMILES string of the molecule is N#CCC1CCCCC1CC#N. The molecule has 0 saturated heterocycles. The van der Waals surface area contributed by atoms with Crippen molar-refractivity contribution in [1.82, 2.24) is 0 Å². The first-order valence-corrected chi connectivity index (χ1v) is 4.62. The average molecular weight is 162 g/mol. The van der Waals surface area contributed by atoms with Crippen LogP contribution >= 0.6 is 0 Å². The molecular weight excluding hydrogens is 148 g/mol. The fourth-order valence-corrected chi connectivity index (χ4v) is 2.06.